The van der Waals surface area contributed by atoms with Gasteiger partial charge in [-0.3, -0.25) is 4.90 Å². The maximum absolute atomic E-state index is 6.22. The van der Waals surface area contributed by atoms with Crippen molar-refractivity contribution in [1.82, 2.24) is 29.5 Å². The summed E-state index contributed by atoms with van der Waals surface area (Å²) in [4.78, 5) is 21.0. The normalized spacial score (nSPS) is 19.2. The second kappa shape index (κ2) is 9.65. The maximum atomic E-state index is 6.22. The van der Waals surface area contributed by atoms with Crippen LogP contribution in [0.15, 0.2) is 47.1 Å². The molecule has 0 amide bonds. The Bertz CT molecular complexity index is 1300. The lowest BCUT2D eigenvalue weighted by atomic mass is 9.97. The first-order chi connectivity index (χ1) is 17.7. The van der Waals surface area contributed by atoms with Gasteiger partial charge in [-0.05, 0) is 55.2 Å². The van der Waals surface area contributed by atoms with Crippen molar-refractivity contribution in [2.24, 2.45) is 5.92 Å². The van der Waals surface area contributed by atoms with Crippen molar-refractivity contribution in [2.75, 3.05) is 68.5 Å². The van der Waals surface area contributed by atoms with E-state index in [2.05, 4.69) is 46.9 Å². The number of methoxy groups -OCH3 is 1. The molecule has 2 fully saturated rings. The number of ether oxygens (including phenoxy) is 1. The minimum atomic E-state index is 0.275. The Morgan fingerprint density at radius 2 is 1.83 bits per heavy atom. The van der Waals surface area contributed by atoms with Gasteiger partial charge in [-0.15, -0.1) is 5.10 Å². The predicted octanol–water partition coefficient (Wildman–Crippen LogP) is 2.41. The van der Waals surface area contributed by atoms with Crippen LogP contribution in [0.1, 0.15) is 12.8 Å². The highest BCUT2D eigenvalue weighted by atomic mass is 16.5. The fraction of sp³-hybridized carbons (Fsp3) is 0.440. The zero-order chi connectivity index (χ0) is 24.5. The van der Waals surface area contributed by atoms with Crippen LogP contribution in [0.2, 0.25) is 0 Å². The molecule has 5 heterocycles. The standard InChI is InChI=1S/C25H31N9O2/c1-35-20-8-6-19(7-9-20)32-13-11-31(12-14-32)16-18-4-2-10-33(17-18)24-28-23(26)34-25(29-24)27-22(30-34)21-5-3-15-36-21/h3,5-9,15,18H,2,4,10-14,16-17H2,1H3,(H2,26,27,28,29,30). The lowest BCUT2D eigenvalue weighted by Crippen LogP contribution is -2.49. The first kappa shape index (κ1) is 22.6. The van der Waals surface area contributed by atoms with E-state index in [0.29, 0.717) is 29.2 Å². The van der Waals surface area contributed by atoms with Crippen LogP contribution in [0.25, 0.3) is 17.4 Å². The number of nitrogens with zero attached hydrogens (tertiary/aromatic N) is 8. The maximum Gasteiger partial charge on any atom is 0.259 e. The number of nitrogens with two attached hydrogens (primary N) is 1. The Hall–Kier alpha value is -3.86. The van der Waals surface area contributed by atoms with E-state index in [0.717, 1.165) is 58.0 Å². The molecule has 2 saturated heterocycles. The Morgan fingerprint density at radius 3 is 2.58 bits per heavy atom. The van der Waals surface area contributed by atoms with Crippen molar-refractivity contribution in [3.8, 4) is 17.3 Å². The third-order valence-corrected chi connectivity index (χ3v) is 7.09. The first-order valence-electron chi connectivity index (χ1n) is 12.5. The van der Waals surface area contributed by atoms with Gasteiger partial charge in [0.05, 0.1) is 13.4 Å². The van der Waals surface area contributed by atoms with E-state index in [1.54, 1.807) is 19.4 Å². The third-order valence-electron chi connectivity index (χ3n) is 7.09. The molecule has 11 nitrogen and oxygen atoms in total. The number of fused-ring (bicyclic) bond motifs is 1. The summed E-state index contributed by atoms with van der Waals surface area (Å²) in [7, 11) is 1.70. The van der Waals surface area contributed by atoms with Gasteiger partial charge in [0, 0.05) is 51.5 Å². The predicted molar refractivity (Wildman–Crippen MR) is 137 cm³/mol. The minimum absolute atomic E-state index is 0.275. The topological polar surface area (TPSA) is 114 Å². The number of hydrogen-bond donors (Lipinski definition) is 1. The van der Waals surface area contributed by atoms with Crippen LogP contribution in [0.4, 0.5) is 17.6 Å². The van der Waals surface area contributed by atoms with E-state index in [1.807, 2.05) is 18.2 Å². The fourth-order valence-corrected chi connectivity index (χ4v) is 5.19. The van der Waals surface area contributed by atoms with Crippen LogP contribution in [0, 0.1) is 5.92 Å². The van der Waals surface area contributed by atoms with E-state index >= 15 is 0 Å². The molecule has 1 aromatic carbocycles. The summed E-state index contributed by atoms with van der Waals surface area (Å²) in [6.45, 7) is 7.09. The molecule has 36 heavy (non-hydrogen) atoms. The number of hydrogen-bond acceptors (Lipinski definition) is 10. The van der Waals surface area contributed by atoms with Gasteiger partial charge in [-0.1, -0.05) is 0 Å². The van der Waals surface area contributed by atoms with Gasteiger partial charge >= 0.3 is 0 Å². The van der Waals surface area contributed by atoms with E-state index in [1.165, 1.54) is 16.6 Å². The average Bonchev–Trinajstić information content (AvgIpc) is 3.60. The van der Waals surface area contributed by atoms with Gasteiger partial charge in [0.2, 0.25) is 17.7 Å². The summed E-state index contributed by atoms with van der Waals surface area (Å²) >= 11 is 0. The number of nitrogen functional groups attached to an aromatic ring is 1. The smallest absolute Gasteiger partial charge is 0.259 e. The van der Waals surface area contributed by atoms with Gasteiger partial charge in [0.15, 0.2) is 5.76 Å². The summed E-state index contributed by atoms with van der Waals surface area (Å²) in [5, 5.41) is 4.40. The van der Waals surface area contributed by atoms with Crippen LogP contribution in [0.5, 0.6) is 5.75 Å². The summed E-state index contributed by atoms with van der Waals surface area (Å²) in [6.07, 6.45) is 3.91. The van der Waals surface area contributed by atoms with Crippen LogP contribution in [-0.2, 0) is 0 Å². The van der Waals surface area contributed by atoms with E-state index in [9.17, 15) is 0 Å². The molecular formula is C25H31N9O2. The molecule has 1 unspecified atom stereocenters. The van der Waals surface area contributed by atoms with E-state index in [4.69, 9.17) is 14.9 Å². The highest BCUT2D eigenvalue weighted by Gasteiger charge is 2.27. The molecule has 3 aromatic heterocycles. The van der Waals surface area contributed by atoms with Crippen molar-refractivity contribution < 1.29 is 9.15 Å². The van der Waals surface area contributed by atoms with Crippen molar-refractivity contribution in [3.05, 3.63) is 42.7 Å². The van der Waals surface area contributed by atoms with E-state index in [-0.39, 0.29) is 5.95 Å². The van der Waals surface area contributed by atoms with Gasteiger partial charge in [0.1, 0.15) is 5.75 Å². The van der Waals surface area contributed by atoms with Crippen LogP contribution >= 0.6 is 0 Å². The first-order valence-corrected chi connectivity index (χ1v) is 12.5. The Morgan fingerprint density at radius 1 is 1.00 bits per heavy atom. The summed E-state index contributed by atoms with van der Waals surface area (Å²) in [5.41, 5.74) is 7.48. The molecule has 4 aromatic rings. The van der Waals surface area contributed by atoms with Crippen molar-refractivity contribution in [2.45, 2.75) is 12.8 Å². The number of aromatic nitrogens is 5. The lowest BCUT2D eigenvalue weighted by molar-refractivity contribution is 0.205. The molecule has 0 aliphatic carbocycles. The minimum Gasteiger partial charge on any atom is -0.497 e. The van der Waals surface area contributed by atoms with E-state index < -0.39 is 0 Å². The Balaban J connectivity index is 1.08. The van der Waals surface area contributed by atoms with Crippen LogP contribution in [-0.4, -0.2) is 82.4 Å². The number of benzene rings is 1. The molecule has 6 rings (SSSR count). The summed E-state index contributed by atoms with van der Waals surface area (Å²) in [5.74, 6) is 3.80. The molecule has 11 heteroatoms. The monoisotopic (exact) mass is 489 g/mol. The summed E-state index contributed by atoms with van der Waals surface area (Å²) in [6, 6.07) is 12.0. The second-order valence-electron chi connectivity index (χ2n) is 9.45. The molecule has 2 N–H and O–H groups in total. The van der Waals surface area contributed by atoms with Crippen LogP contribution in [0.3, 0.4) is 0 Å². The molecule has 188 valence electrons. The summed E-state index contributed by atoms with van der Waals surface area (Å²) < 4.78 is 12.2. The van der Waals surface area contributed by atoms with Gasteiger partial charge in [0.25, 0.3) is 5.78 Å². The van der Waals surface area contributed by atoms with Gasteiger partial charge in [-0.2, -0.15) is 19.5 Å². The van der Waals surface area contributed by atoms with Crippen molar-refractivity contribution in [1.29, 1.82) is 0 Å². The number of piperidine rings is 1. The number of rotatable bonds is 6. The molecule has 0 radical (unpaired) electrons. The number of piperazine rings is 1. The van der Waals surface area contributed by atoms with Gasteiger partial charge < -0.3 is 24.7 Å². The molecule has 2 aliphatic heterocycles. The molecule has 0 saturated carbocycles. The molecule has 0 spiro atoms. The average molecular weight is 490 g/mol. The van der Waals surface area contributed by atoms with Gasteiger partial charge in [-0.25, -0.2) is 0 Å². The van der Waals surface area contributed by atoms with Crippen molar-refractivity contribution in [3.63, 3.8) is 0 Å². The van der Waals surface area contributed by atoms with Crippen molar-refractivity contribution >= 4 is 23.4 Å². The van der Waals surface area contributed by atoms with Crippen LogP contribution < -0.4 is 20.3 Å². The Kier molecular flexibility index (Phi) is 6.06. The highest BCUT2D eigenvalue weighted by molar-refractivity contribution is 5.53. The largest absolute Gasteiger partial charge is 0.497 e. The molecule has 2 aliphatic rings. The third kappa shape index (κ3) is 4.53. The Labute approximate surface area is 209 Å². The number of furan rings is 1. The zero-order valence-electron chi connectivity index (χ0n) is 20.5. The lowest BCUT2D eigenvalue weighted by Gasteiger charge is -2.40. The quantitative estimate of drug-likeness (QED) is 0.433. The zero-order valence-corrected chi connectivity index (χ0v) is 20.5. The fourth-order valence-electron chi connectivity index (χ4n) is 5.19. The molecule has 1 atom stereocenters. The number of anilines is 3. The second-order valence-corrected chi connectivity index (χ2v) is 9.45. The SMILES string of the molecule is COc1ccc(N2CCN(CC3CCCN(c4nc(N)n5nc(-c6ccco6)nc5n4)C3)CC2)cc1. The molecular weight excluding hydrogens is 458 g/mol. The highest BCUT2D eigenvalue weighted by Crippen LogP contribution is 2.25. The molecule has 0 bridgehead atoms.